The molecule has 0 aromatic carbocycles. The Balaban J connectivity index is 1.80. The summed E-state index contributed by atoms with van der Waals surface area (Å²) in [7, 11) is 0. The van der Waals surface area contributed by atoms with Gasteiger partial charge in [0, 0.05) is 17.5 Å². The Kier molecular flexibility index (Phi) is 6.05. The number of thiophene rings is 1. The monoisotopic (exact) mass is 294 g/mol. The van der Waals surface area contributed by atoms with Crippen molar-refractivity contribution in [1.29, 1.82) is 0 Å². The molecule has 0 fully saturated rings. The van der Waals surface area contributed by atoms with Gasteiger partial charge < -0.3 is 5.32 Å². The molecule has 4 heteroatoms. The van der Waals surface area contributed by atoms with Crippen LogP contribution in [0.5, 0.6) is 0 Å². The third-order valence-electron chi connectivity index (χ3n) is 3.98. The number of unbranched alkanes of at least 4 members (excludes halogenated alkanes) is 2. The van der Waals surface area contributed by atoms with Crippen molar-refractivity contribution < 1.29 is 4.79 Å². The third kappa shape index (κ3) is 4.06. The van der Waals surface area contributed by atoms with Gasteiger partial charge in [-0.3, -0.25) is 10.1 Å². The van der Waals surface area contributed by atoms with Crippen LogP contribution >= 0.6 is 11.3 Å². The van der Waals surface area contributed by atoms with E-state index in [9.17, 15) is 4.79 Å². The molecular formula is C16H26N2OS. The zero-order chi connectivity index (χ0) is 14.4. The van der Waals surface area contributed by atoms with Gasteiger partial charge in [-0.2, -0.15) is 0 Å². The molecule has 2 unspecified atom stereocenters. The summed E-state index contributed by atoms with van der Waals surface area (Å²) in [5, 5.41) is 8.69. The molecule has 1 aliphatic carbocycles. The molecule has 1 heterocycles. The van der Waals surface area contributed by atoms with Crippen molar-refractivity contribution in [2.75, 3.05) is 6.54 Å². The van der Waals surface area contributed by atoms with Crippen LogP contribution in [-0.2, 0) is 11.2 Å². The van der Waals surface area contributed by atoms with E-state index < -0.39 is 0 Å². The Labute approximate surface area is 126 Å². The quantitative estimate of drug-likeness (QED) is 0.757. The molecule has 1 amide bonds. The molecule has 20 heavy (non-hydrogen) atoms. The summed E-state index contributed by atoms with van der Waals surface area (Å²) in [4.78, 5) is 13.5. The van der Waals surface area contributed by atoms with Crippen LogP contribution in [0.25, 0.3) is 0 Å². The molecular weight excluding hydrogens is 268 g/mol. The van der Waals surface area contributed by atoms with Crippen molar-refractivity contribution in [1.82, 2.24) is 10.6 Å². The van der Waals surface area contributed by atoms with E-state index in [2.05, 4.69) is 29.0 Å². The highest BCUT2D eigenvalue weighted by atomic mass is 32.1. The Morgan fingerprint density at radius 3 is 3.15 bits per heavy atom. The molecule has 0 spiro atoms. The molecule has 2 N–H and O–H groups in total. The highest BCUT2D eigenvalue weighted by Crippen LogP contribution is 2.33. The summed E-state index contributed by atoms with van der Waals surface area (Å²) in [6.45, 7) is 4.94. The van der Waals surface area contributed by atoms with Crippen molar-refractivity contribution in [2.45, 2.75) is 64.5 Å². The van der Waals surface area contributed by atoms with Crippen molar-refractivity contribution >= 4 is 17.2 Å². The molecule has 0 saturated heterocycles. The first-order chi connectivity index (χ1) is 9.72. The molecule has 0 radical (unpaired) electrons. The van der Waals surface area contributed by atoms with Gasteiger partial charge in [0.15, 0.2) is 0 Å². The van der Waals surface area contributed by atoms with E-state index in [1.54, 1.807) is 0 Å². The molecule has 1 aromatic heterocycles. The van der Waals surface area contributed by atoms with E-state index in [0.29, 0.717) is 6.04 Å². The topological polar surface area (TPSA) is 41.1 Å². The molecule has 0 aliphatic heterocycles. The number of nitrogens with one attached hydrogen (secondary N) is 2. The van der Waals surface area contributed by atoms with Crippen LogP contribution in [0, 0.1) is 0 Å². The van der Waals surface area contributed by atoms with Crippen LogP contribution in [0.3, 0.4) is 0 Å². The number of hydrogen-bond donors (Lipinski definition) is 2. The maximum atomic E-state index is 12.1. The Morgan fingerprint density at radius 1 is 1.50 bits per heavy atom. The zero-order valence-electron chi connectivity index (χ0n) is 12.6. The van der Waals surface area contributed by atoms with Gasteiger partial charge in [0.1, 0.15) is 0 Å². The predicted octanol–water partition coefficient (Wildman–Crippen LogP) is 3.41. The van der Waals surface area contributed by atoms with Gasteiger partial charge in [-0.15, -0.1) is 11.3 Å². The van der Waals surface area contributed by atoms with Gasteiger partial charge in [0.05, 0.1) is 6.04 Å². The summed E-state index contributed by atoms with van der Waals surface area (Å²) >= 11 is 1.84. The second-order valence-electron chi connectivity index (χ2n) is 5.63. The van der Waals surface area contributed by atoms with Gasteiger partial charge in [-0.05, 0) is 49.6 Å². The van der Waals surface area contributed by atoms with Crippen molar-refractivity contribution in [3.8, 4) is 0 Å². The van der Waals surface area contributed by atoms with Gasteiger partial charge in [-0.25, -0.2) is 0 Å². The van der Waals surface area contributed by atoms with Crippen LogP contribution in [0.1, 0.15) is 62.4 Å². The second-order valence-corrected chi connectivity index (χ2v) is 6.63. The standard InChI is InChI=1S/C16H26N2OS/c1-3-4-5-10-17-16(19)12(2)18-14-7-6-8-15-13(14)9-11-20-15/h9,11-12,14,18H,3-8,10H2,1-2H3,(H,17,19). The summed E-state index contributed by atoms with van der Waals surface area (Å²) in [5.74, 6) is 0.128. The van der Waals surface area contributed by atoms with Crippen molar-refractivity contribution in [3.63, 3.8) is 0 Å². The molecule has 2 rings (SSSR count). The molecule has 3 nitrogen and oxygen atoms in total. The van der Waals surface area contributed by atoms with Gasteiger partial charge in [-0.1, -0.05) is 19.8 Å². The third-order valence-corrected chi connectivity index (χ3v) is 4.97. The van der Waals surface area contributed by atoms with Gasteiger partial charge in [0.25, 0.3) is 0 Å². The molecule has 0 saturated carbocycles. The fraction of sp³-hybridized carbons (Fsp3) is 0.688. The first kappa shape index (κ1) is 15.5. The van der Waals surface area contributed by atoms with Crippen molar-refractivity contribution in [3.05, 3.63) is 21.9 Å². The van der Waals surface area contributed by atoms with Crippen LogP contribution in [0.4, 0.5) is 0 Å². The number of carbonyl (C=O) groups excluding carboxylic acids is 1. The van der Waals surface area contributed by atoms with Crippen LogP contribution in [0.2, 0.25) is 0 Å². The largest absolute Gasteiger partial charge is 0.355 e. The van der Waals surface area contributed by atoms with E-state index in [0.717, 1.165) is 19.4 Å². The van der Waals surface area contributed by atoms with E-state index in [1.807, 2.05) is 18.3 Å². The minimum Gasteiger partial charge on any atom is -0.355 e. The Hall–Kier alpha value is -0.870. The normalized spacial score (nSPS) is 19.4. The lowest BCUT2D eigenvalue weighted by molar-refractivity contribution is -0.123. The lowest BCUT2D eigenvalue weighted by Gasteiger charge is -2.26. The molecule has 112 valence electrons. The summed E-state index contributed by atoms with van der Waals surface area (Å²) < 4.78 is 0. The van der Waals surface area contributed by atoms with Crippen LogP contribution < -0.4 is 10.6 Å². The van der Waals surface area contributed by atoms with Gasteiger partial charge in [0.2, 0.25) is 5.91 Å². The molecule has 1 aromatic rings. The minimum atomic E-state index is -0.118. The predicted molar refractivity (Wildman–Crippen MR) is 85.1 cm³/mol. The lowest BCUT2D eigenvalue weighted by Crippen LogP contribution is -2.44. The van der Waals surface area contributed by atoms with Crippen LogP contribution in [-0.4, -0.2) is 18.5 Å². The van der Waals surface area contributed by atoms with Crippen LogP contribution in [0.15, 0.2) is 11.4 Å². The summed E-state index contributed by atoms with van der Waals surface area (Å²) in [6, 6.07) is 2.44. The van der Waals surface area contributed by atoms with E-state index in [1.165, 1.54) is 36.1 Å². The number of aryl methyl sites for hydroxylation is 1. The maximum absolute atomic E-state index is 12.1. The van der Waals surface area contributed by atoms with E-state index >= 15 is 0 Å². The molecule has 0 bridgehead atoms. The summed E-state index contributed by atoms with van der Waals surface area (Å²) in [5.41, 5.74) is 1.41. The highest BCUT2D eigenvalue weighted by Gasteiger charge is 2.24. The molecule has 1 aliphatic rings. The average molecular weight is 294 g/mol. The lowest BCUT2D eigenvalue weighted by atomic mass is 9.93. The highest BCUT2D eigenvalue weighted by molar-refractivity contribution is 7.10. The minimum absolute atomic E-state index is 0.118. The Morgan fingerprint density at radius 2 is 2.35 bits per heavy atom. The average Bonchev–Trinajstić information content (AvgIpc) is 2.93. The maximum Gasteiger partial charge on any atom is 0.236 e. The van der Waals surface area contributed by atoms with E-state index in [4.69, 9.17) is 0 Å². The first-order valence-corrected chi connectivity index (χ1v) is 8.70. The second kappa shape index (κ2) is 7.79. The first-order valence-electron chi connectivity index (χ1n) is 7.82. The van der Waals surface area contributed by atoms with Crippen molar-refractivity contribution in [2.24, 2.45) is 0 Å². The summed E-state index contributed by atoms with van der Waals surface area (Å²) in [6.07, 6.45) is 7.00. The number of carbonyl (C=O) groups is 1. The number of amides is 1. The molecule has 2 atom stereocenters. The number of fused-ring (bicyclic) bond motifs is 1. The fourth-order valence-electron chi connectivity index (χ4n) is 2.78. The smallest absolute Gasteiger partial charge is 0.236 e. The number of rotatable bonds is 7. The zero-order valence-corrected chi connectivity index (χ0v) is 13.4. The van der Waals surface area contributed by atoms with E-state index in [-0.39, 0.29) is 11.9 Å². The number of hydrogen-bond acceptors (Lipinski definition) is 3. The Bertz CT molecular complexity index is 430. The van der Waals surface area contributed by atoms with Gasteiger partial charge >= 0.3 is 0 Å². The SMILES string of the molecule is CCCCCNC(=O)C(C)NC1CCCc2sccc21. The fourth-order valence-corrected chi connectivity index (χ4v) is 3.76.